The van der Waals surface area contributed by atoms with Crippen molar-refractivity contribution in [3.63, 3.8) is 0 Å². The van der Waals surface area contributed by atoms with Gasteiger partial charge in [-0.25, -0.2) is 8.42 Å². The highest BCUT2D eigenvalue weighted by Gasteiger charge is 2.31. The molecule has 1 aromatic rings. The van der Waals surface area contributed by atoms with Crippen LogP contribution in [0.15, 0.2) is 23.1 Å². The van der Waals surface area contributed by atoms with Gasteiger partial charge in [0.15, 0.2) is 0 Å². The quantitative estimate of drug-likeness (QED) is 0.868. The van der Waals surface area contributed by atoms with Crippen molar-refractivity contribution in [1.82, 2.24) is 0 Å². The van der Waals surface area contributed by atoms with Gasteiger partial charge in [0.05, 0.1) is 4.90 Å². The molecule has 2 atom stereocenters. The molecule has 1 N–H and O–H groups in total. The summed E-state index contributed by atoms with van der Waals surface area (Å²) in [6.07, 6.45) is 0.409. The minimum atomic E-state index is -3.76. The molecule has 0 aliphatic carbocycles. The normalized spacial score (nSPS) is 22.8. The van der Waals surface area contributed by atoms with Crippen LogP contribution in [0.3, 0.4) is 0 Å². The molecule has 20 heavy (non-hydrogen) atoms. The van der Waals surface area contributed by atoms with Crippen LogP contribution in [0.2, 0.25) is 0 Å². The lowest BCUT2D eigenvalue weighted by Crippen LogP contribution is -2.31. The lowest BCUT2D eigenvalue weighted by atomic mass is 10.0. The van der Waals surface area contributed by atoms with E-state index in [-0.39, 0.29) is 16.7 Å². The Balaban J connectivity index is 2.16. The second-order valence-corrected chi connectivity index (χ2v) is 7.53. The smallest absolute Gasteiger partial charge is 0.261 e. The van der Waals surface area contributed by atoms with E-state index in [1.807, 2.05) is 6.92 Å². The molecule has 1 amide bonds. The van der Waals surface area contributed by atoms with Gasteiger partial charge in [-0.15, -0.1) is 0 Å². The maximum atomic E-state index is 12.1. The lowest BCUT2D eigenvalue weighted by Gasteiger charge is -2.16. The van der Waals surface area contributed by atoms with Crippen molar-refractivity contribution in [2.24, 2.45) is 5.92 Å². The fourth-order valence-corrected chi connectivity index (χ4v) is 3.00. The summed E-state index contributed by atoms with van der Waals surface area (Å²) < 4.78 is 27.8. The van der Waals surface area contributed by atoms with Crippen molar-refractivity contribution in [1.29, 1.82) is 0 Å². The van der Waals surface area contributed by atoms with Gasteiger partial charge < -0.3 is 10.1 Å². The zero-order valence-corrected chi connectivity index (χ0v) is 12.8. The summed E-state index contributed by atoms with van der Waals surface area (Å²) in [5, 5.41) is 2.76. The van der Waals surface area contributed by atoms with Gasteiger partial charge in [0.25, 0.3) is 15.0 Å². The Kier molecular flexibility index (Phi) is 4.36. The van der Waals surface area contributed by atoms with Crippen molar-refractivity contribution in [2.45, 2.75) is 31.3 Å². The summed E-state index contributed by atoms with van der Waals surface area (Å²) in [6.45, 7) is 4.26. The number of benzene rings is 1. The van der Waals surface area contributed by atoms with Gasteiger partial charge in [0.2, 0.25) is 0 Å². The Hall–Kier alpha value is -1.11. The molecule has 0 spiro atoms. The predicted octanol–water partition coefficient (Wildman–Crippen LogP) is 2.29. The third-order valence-electron chi connectivity index (χ3n) is 3.38. The number of hydrogen-bond donors (Lipinski definition) is 1. The highest BCUT2D eigenvalue weighted by molar-refractivity contribution is 8.13. The SMILES string of the molecule is Cc1cc(S(=O)(=O)Cl)ccc1NC(=O)C1OCCC1C. The molecule has 2 rings (SSSR count). The van der Waals surface area contributed by atoms with Crippen LogP contribution in [0.4, 0.5) is 5.69 Å². The monoisotopic (exact) mass is 317 g/mol. The number of halogens is 1. The van der Waals surface area contributed by atoms with E-state index in [0.717, 1.165) is 6.42 Å². The summed E-state index contributed by atoms with van der Waals surface area (Å²) in [5.41, 5.74) is 1.19. The van der Waals surface area contributed by atoms with E-state index >= 15 is 0 Å². The van der Waals surface area contributed by atoms with Crippen LogP contribution >= 0.6 is 10.7 Å². The van der Waals surface area contributed by atoms with Gasteiger partial charge >= 0.3 is 0 Å². The van der Waals surface area contributed by atoms with Crippen molar-refractivity contribution in [3.8, 4) is 0 Å². The first-order valence-corrected chi connectivity index (χ1v) is 8.58. The largest absolute Gasteiger partial charge is 0.368 e. The number of nitrogens with one attached hydrogen (secondary N) is 1. The molecule has 1 aliphatic rings. The van der Waals surface area contributed by atoms with E-state index in [0.29, 0.717) is 17.9 Å². The molecule has 0 aromatic heterocycles. The van der Waals surface area contributed by atoms with Crippen LogP contribution in [-0.2, 0) is 18.6 Å². The molecule has 0 saturated carbocycles. The average molecular weight is 318 g/mol. The fraction of sp³-hybridized carbons (Fsp3) is 0.462. The summed E-state index contributed by atoms with van der Waals surface area (Å²) >= 11 is 0. The molecule has 7 heteroatoms. The zero-order chi connectivity index (χ0) is 14.9. The number of carbonyl (C=O) groups is 1. The fourth-order valence-electron chi connectivity index (χ4n) is 2.16. The van der Waals surface area contributed by atoms with Gasteiger partial charge in [-0.3, -0.25) is 4.79 Å². The number of amides is 1. The number of rotatable bonds is 3. The molecule has 1 aromatic carbocycles. The molecule has 1 aliphatic heterocycles. The van der Waals surface area contributed by atoms with Crippen LogP contribution in [0.1, 0.15) is 18.9 Å². The topological polar surface area (TPSA) is 72.5 Å². The van der Waals surface area contributed by atoms with Gasteiger partial charge in [-0.05, 0) is 43.0 Å². The van der Waals surface area contributed by atoms with Crippen LogP contribution in [0.25, 0.3) is 0 Å². The molecule has 2 unspecified atom stereocenters. The second-order valence-electron chi connectivity index (χ2n) is 4.96. The first-order valence-electron chi connectivity index (χ1n) is 6.27. The predicted molar refractivity (Wildman–Crippen MR) is 76.4 cm³/mol. The Morgan fingerprint density at radius 2 is 2.15 bits per heavy atom. The van der Waals surface area contributed by atoms with E-state index < -0.39 is 15.2 Å². The number of ether oxygens (including phenoxy) is 1. The van der Waals surface area contributed by atoms with E-state index in [9.17, 15) is 13.2 Å². The highest BCUT2D eigenvalue weighted by Crippen LogP contribution is 2.25. The lowest BCUT2D eigenvalue weighted by molar-refractivity contribution is -0.126. The Labute approximate surface area is 122 Å². The number of hydrogen-bond acceptors (Lipinski definition) is 4. The summed E-state index contributed by atoms with van der Waals surface area (Å²) in [5.74, 6) is -0.0302. The number of aryl methyl sites for hydroxylation is 1. The summed E-state index contributed by atoms with van der Waals surface area (Å²) in [6, 6.07) is 4.32. The molecule has 0 radical (unpaired) electrons. The van der Waals surface area contributed by atoms with Gasteiger partial charge in [0, 0.05) is 23.0 Å². The molecular weight excluding hydrogens is 302 g/mol. The molecule has 5 nitrogen and oxygen atoms in total. The van der Waals surface area contributed by atoms with E-state index in [2.05, 4.69) is 5.32 Å². The number of anilines is 1. The zero-order valence-electron chi connectivity index (χ0n) is 11.2. The van der Waals surface area contributed by atoms with Crippen LogP contribution in [-0.4, -0.2) is 27.0 Å². The molecule has 0 bridgehead atoms. The second kappa shape index (κ2) is 5.71. The summed E-state index contributed by atoms with van der Waals surface area (Å²) in [4.78, 5) is 12.1. The third kappa shape index (κ3) is 3.31. The van der Waals surface area contributed by atoms with Crippen molar-refractivity contribution >= 4 is 31.3 Å². The van der Waals surface area contributed by atoms with E-state index in [1.54, 1.807) is 6.92 Å². The Morgan fingerprint density at radius 3 is 2.65 bits per heavy atom. The van der Waals surface area contributed by atoms with Crippen LogP contribution in [0, 0.1) is 12.8 Å². The van der Waals surface area contributed by atoms with Gasteiger partial charge in [-0.1, -0.05) is 6.92 Å². The average Bonchev–Trinajstić information content (AvgIpc) is 2.76. The first kappa shape index (κ1) is 15.3. The van der Waals surface area contributed by atoms with E-state index in [1.165, 1.54) is 18.2 Å². The van der Waals surface area contributed by atoms with Gasteiger partial charge in [-0.2, -0.15) is 0 Å². The third-order valence-corrected chi connectivity index (χ3v) is 4.73. The van der Waals surface area contributed by atoms with Crippen molar-refractivity contribution in [2.75, 3.05) is 11.9 Å². The highest BCUT2D eigenvalue weighted by atomic mass is 35.7. The molecule has 1 fully saturated rings. The Bertz CT molecular complexity index is 629. The van der Waals surface area contributed by atoms with Crippen molar-refractivity contribution in [3.05, 3.63) is 23.8 Å². The first-order chi connectivity index (χ1) is 9.29. The molecule has 1 heterocycles. The minimum Gasteiger partial charge on any atom is -0.368 e. The minimum absolute atomic E-state index is 0.0140. The standard InChI is InChI=1S/C13H16ClNO4S/c1-8-5-6-19-12(8)13(16)15-11-4-3-10(7-9(11)2)20(14,17)18/h3-4,7-8,12H,5-6H2,1-2H3,(H,15,16). The summed E-state index contributed by atoms with van der Waals surface area (Å²) in [7, 11) is 1.52. The molecule has 1 saturated heterocycles. The van der Waals surface area contributed by atoms with Crippen LogP contribution in [0.5, 0.6) is 0 Å². The van der Waals surface area contributed by atoms with Crippen LogP contribution < -0.4 is 5.32 Å². The van der Waals surface area contributed by atoms with Gasteiger partial charge in [0.1, 0.15) is 6.10 Å². The maximum absolute atomic E-state index is 12.1. The van der Waals surface area contributed by atoms with E-state index in [4.69, 9.17) is 15.4 Å². The van der Waals surface area contributed by atoms with Crippen molar-refractivity contribution < 1.29 is 17.9 Å². The molecule has 110 valence electrons. The Morgan fingerprint density at radius 1 is 1.45 bits per heavy atom. The maximum Gasteiger partial charge on any atom is 0.261 e. The number of carbonyl (C=O) groups excluding carboxylic acids is 1. The molecular formula is C13H16ClNO4S.